The van der Waals surface area contributed by atoms with Gasteiger partial charge in [-0.1, -0.05) is 27.7 Å². The number of allylic oxidation sites excluding steroid dienone is 2. The smallest absolute Gasteiger partial charge is 0 e. The molecule has 4 aromatic heterocycles. The van der Waals surface area contributed by atoms with E-state index >= 15 is 0 Å². The second-order valence-corrected chi connectivity index (χ2v) is 23.9. The van der Waals surface area contributed by atoms with Crippen molar-refractivity contribution in [3.8, 4) is 0 Å². The molecule has 7 heteroatoms. The summed E-state index contributed by atoms with van der Waals surface area (Å²) in [5.74, 6) is 7.93. The van der Waals surface area contributed by atoms with Crippen LogP contribution in [-0.2, 0) is 24.9 Å². The van der Waals surface area contributed by atoms with Crippen LogP contribution in [-0.4, -0.2) is 37.9 Å². The molecule has 0 saturated heterocycles. The van der Waals surface area contributed by atoms with Gasteiger partial charge >= 0.3 is 176 Å². The fraction of sp³-hybridized carbons (Fsp3) is 0.333. The second kappa shape index (κ2) is 13.5. The average molecular weight is 852 g/mol. The van der Waals surface area contributed by atoms with Crippen LogP contribution in [0.2, 0.25) is 17.3 Å². The van der Waals surface area contributed by atoms with Gasteiger partial charge in [0, 0.05) is 38.0 Å². The van der Waals surface area contributed by atoms with Crippen molar-refractivity contribution in [2.45, 2.75) is 70.6 Å². The summed E-state index contributed by atoms with van der Waals surface area (Å²) in [6.45, 7) is 8.07. The summed E-state index contributed by atoms with van der Waals surface area (Å²) >= 11 is -1.96. The number of benzene rings is 3. The number of fused-ring (bicyclic) bond motifs is 8. The van der Waals surface area contributed by atoms with Gasteiger partial charge in [-0.15, -0.1) is 0 Å². The van der Waals surface area contributed by atoms with E-state index < -0.39 is 13.3 Å². The monoisotopic (exact) mass is 853 g/mol. The molecule has 1 radical (unpaired) electrons. The first-order chi connectivity index (χ1) is 21.6. The van der Waals surface area contributed by atoms with Crippen molar-refractivity contribution in [2.75, 3.05) is 0 Å². The van der Waals surface area contributed by atoms with Gasteiger partial charge in [-0.05, 0) is 25.7 Å². The van der Waals surface area contributed by atoms with Crippen LogP contribution in [0.3, 0.4) is 0 Å². The van der Waals surface area contributed by atoms with E-state index in [9.17, 15) is 9.90 Å². The topological polar surface area (TPSA) is 59.0 Å². The number of hydrogen-bond acceptors (Lipinski definition) is 3. The van der Waals surface area contributed by atoms with Crippen LogP contribution in [0.25, 0.3) is 54.8 Å². The molecule has 0 aliphatic rings. The molecular weight excluding hydrogens is 807 g/mol. The predicted molar refractivity (Wildman–Crippen MR) is 193 cm³/mol. The molecule has 3 aromatic carbocycles. The van der Waals surface area contributed by atoms with Crippen LogP contribution >= 0.6 is 0 Å². The first kappa shape index (κ1) is 34.2. The predicted octanol–water partition coefficient (Wildman–Crippen LogP) is 9.85. The van der Waals surface area contributed by atoms with Gasteiger partial charge in [0.05, 0.1) is 5.76 Å². The molecule has 0 unspecified atom stereocenters. The zero-order chi connectivity index (χ0) is 32.0. The number of pyridine rings is 1. The first-order valence-electron chi connectivity index (χ1n) is 16.5. The van der Waals surface area contributed by atoms with Crippen molar-refractivity contribution in [3.63, 3.8) is 0 Å². The Morgan fingerprint density at radius 1 is 0.826 bits per heavy atom. The first-order valence-corrected chi connectivity index (χ1v) is 23.8. The number of hydrogen-bond donors (Lipinski definition) is 1. The van der Waals surface area contributed by atoms with Crippen LogP contribution in [0.1, 0.15) is 53.4 Å². The fourth-order valence-corrected chi connectivity index (χ4v) is 9.34. The minimum Gasteiger partial charge on any atom is 0 e. The molecule has 0 amide bonds. The molecule has 0 aliphatic carbocycles. The van der Waals surface area contributed by atoms with Crippen molar-refractivity contribution in [1.29, 1.82) is 0 Å². The van der Waals surface area contributed by atoms with E-state index in [0.717, 1.165) is 36.8 Å². The van der Waals surface area contributed by atoms with Gasteiger partial charge in [0.25, 0.3) is 0 Å². The number of para-hydroxylation sites is 2. The van der Waals surface area contributed by atoms with E-state index in [1.54, 1.807) is 0 Å². The summed E-state index contributed by atoms with van der Waals surface area (Å²) in [6.07, 6.45) is 6.86. The summed E-state index contributed by atoms with van der Waals surface area (Å²) < 4.78 is 6.29. The third-order valence-corrected chi connectivity index (χ3v) is 13.9. The third-order valence-electron chi connectivity index (χ3n) is 9.64. The van der Waals surface area contributed by atoms with Gasteiger partial charge in [0.1, 0.15) is 0 Å². The zero-order valence-electron chi connectivity index (χ0n) is 27.9. The van der Waals surface area contributed by atoms with Crippen LogP contribution < -0.4 is 4.40 Å². The van der Waals surface area contributed by atoms with Gasteiger partial charge in [0.2, 0.25) is 0 Å². The minimum absolute atomic E-state index is 0. The number of carbonyl (C=O) groups is 1. The molecular formula is C39H44GeIrN3O2-. The van der Waals surface area contributed by atoms with Crippen LogP contribution in [0.4, 0.5) is 0 Å². The largest absolute Gasteiger partial charge is 0 e. The molecule has 5 nitrogen and oxygen atoms in total. The molecule has 241 valence electrons. The Balaban J connectivity index is 0.000000225. The molecule has 0 saturated carbocycles. The van der Waals surface area contributed by atoms with Crippen LogP contribution in [0, 0.1) is 17.9 Å². The second-order valence-electron chi connectivity index (χ2n) is 13.3. The number of ketones is 1. The van der Waals surface area contributed by atoms with Crippen LogP contribution in [0.15, 0.2) is 78.7 Å². The van der Waals surface area contributed by atoms with Gasteiger partial charge < -0.3 is 5.11 Å². The Bertz CT molecular complexity index is 2200. The van der Waals surface area contributed by atoms with E-state index in [2.05, 4.69) is 86.7 Å². The van der Waals surface area contributed by atoms with Crippen molar-refractivity contribution in [2.24, 2.45) is 11.8 Å². The molecule has 7 aromatic rings. The Kier molecular flexibility index (Phi) is 10.0. The van der Waals surface area contributed by atoms with Crippen molar-refractivity contribution < 1.29 is 30.0 Å². The summed E-state index contributed by atoms with van der Waals surface area (Å²) in [4.78, 5) is 16.6. The standard InChI is InChI=1S/C26H20GeN3.C13H24O2.Ir/c1-27(2,3)16-11-12-18-20-13-14-28-26-25(20)29(23(18)15-16)22-10-6-8-19-17-7-4-5-9-21(17)30(26)24(19)22;1-5-10(6-2)12(14)9-13(15)11(7-3)8-4;/h4-8,10-15H,1-3H3;9-11,14H,5-8H2,1-4H3;/q-1;;/b;12-9-;. The van der Waals surface area contributed by atoms with Crippen molar-refractivity contribution in [3.05, 3.63) is 84.8 Å². The molecule has 0 aliphatic heterocycles. The summed E-state index contributed by atoms with van der Waals surface area (Å²) in [5, 5.41) is 14.8. The Morgan fingerprint density at radius 2 is 1.50 bits per heavy atom. The Hall–Kier alpha value is -3.19. The number of rotatable bonds is 8. The number of aliphatic hydroxyl groups excluding tert-OH is 1. The maximum atomic E-state index is 11.7. The summed E-state index contributed by atoms with van der Waals surface area (Å²) in [7, 11) is 0. The Morgan fingerprint density at radius 3 is 2.17 bits per heavy atom. The van der Waals surface area contributed by atoms with Crippen molar-refractivity contribution >= 4 is 78.2 Å². The summed E-state index contributed by atoms with van der Waals surface area (Å²) in [5.41, 5.74) is 7.05. The molecule has 1 N–H and O–H groups in total. The molecule has 0 bridgehead atoms. The number of nitrogens with zero attached hydrogens (tertiary/aromatic N) is 3. The maximum absolute atomic E-state index is 11.7. The number of carbonyl (C=O) groups excluding carboxylic acids is 1. The van der Waals surface area contributed by atoms with E-state index in [0.29, 0.717) is 0 Å². The Labute approximate surface area is 287 Å². The fourth-order valence-electron chi connectivity index (χ4n) is 6.92. The number of aromatic nitrogens is 3. The van der Waals surface area contributed by atoms with E-state index in [1.165, 1.54) is 54.1 Å². The molecule has 7 rings (SSSR count). The summed E-state index contributed by atoms with van der Waals surface area (Å²) in [6, 6.07) is 25.7. The zero-order valence-corrected chi connectivity index (χ0v) is 32.4. The van der Waals surface area contributed by atoms with E-state index in [4.69, 9.17) is 4.98 Å². The molecule has 46 heavy (non-hydrogen) atoms. The quantitative estimate of drug-likeness (QED) is 0.0545. The van der Waals surface area contributed by atoms with Gasteiger partial charge in [-0.2, -0.15) is 0 Å². The van der Waals surface area contributed by atoms with E-state index in [-0.39, 0.29) is 43.5 Å². The van der Waals surface area contributed by atoms with Crippen LogP contribution in [0.5, 0.6) is 0 Å². The molecule has 0 spiro atoms. The van der Waals surface area contributed by atoms with Crippen molar-refractivity contribution in [1.82, 2.24) is 13.8 Å². The number of aliphatic hydroxyl groups is 1. The van der Waals surface area contributed by atoms with E-state index in [1.807, 2.05) is 40.0 Å². The average Bonchev–Trinajstić information content (AvgIpc) is 3.55. The van der Waals surface area contributed by atoms with Gasteiger partial charge in [-0.3, -0.25) is 4.79 Å². The van der Waals surface area contributed by atoms with Gasteiger partial charge in [0.15, 0.2) is 5.78 Å². The normalized spacial score (nSPS) is 12.7. The maximum Gasteiger partial charge on any atom is 0 e. The third kappa shape index (κ3) is 5.67. The molecule has 0 fully saturated rings. The molecule has 0 atom stereocenters. The SMILES string of the molecule is CCC(CC)C(=O)/C=C(\O)C(CC)CC.[CH3][Ge]([CH3])([CH3])[c]1ccc2c3ccnc4c3n(c2c1)c1cccc2c3ccc[c-]c3n4c21.[Ir]. The molecule has 4 heterocycles. The minimum atomic E-state index is -1.96. The van der Waals surface area contributed by atoms with Gasteiger partial charge in [-0.25, -0.2) is 0 Å².